The van der Waals surface area contributed by atoms with Gasteiger partial charge in [0, 0.05) is 37.3 Å². The van der Waals surface area contributed by atoms with Crippen molar-refractivity contribution in [2.75, 3.05) is 25.1 Å². The lowest BCUT2D eigenvalue weighted by Gasteiger charge is -2.43. The number of nitrogens with zero attached hydrogens (tertiary/aromatic N) is 4. The lowest BCUT2D eigenvalue weighted by atomic mass is 9.83. The molecule has 0 aliphatic carbocycles. The van der Waals surface area contributed by atoms with Gasteiger partial charge in [0.05, 0.1) is 18.0 Å². The van der Waals surface area contributed by atoms with Crippen LogP contribution in [0.1, 0.15) is 18.0 Å². The predicted molar refractivity (Wildman–Crippen MR) is 112 cm³/mol. The number of nitrogens with one attached hydrogen (secondary N) is 1. The number of H-pyrrole nitrogens is 1. The van der Waals surface area contributed by atoms with Crippen molar-refractivity contribution in [1.82, 2.24) is 19.5 Å². The third-order valence-electron chi connectivity index (χ3n) is 6.35. The minimum Gasteiger partial charge on any atom is -0.496 e. The lowest BCUT2D eigenvalue weighted by molar-refractivity contribution is 0.281. The summed E-state index contributed by atoms with van der Waals surface area (Å²) in [5.74, 6) is 2.50. The van der Waals surface area contributed by atoms with Crippen LogP contribution in [-0.4, -0.2) is 39.7 Å². The molecule has 1 aromatic carbocycles. The molecular formula is C22H21N5O2. The van der Waals surface area contributed by atoms with E-state index >= 15 is 0 Å². The second-order valence-electron chi connectivity index (χ2n) is 8.03. The molecule has 146 valence electrons. The third kappa shape index (κ3) is 2.40. The standard InChI is InChI=1S/C22H21N5O2/c1-29-17-6-2-4-15-19(17)20-21(25-15)22(24-12-23-20)26-9-13-8-14(11-26)16-5-3-7-18(28)27(16)10-13/h2-7,12-14,25H,8-11H2,1H3. The second-order valence-corrected chi connectivity index (χ2v) is 8.03. The SMILES string of the molecule is COc1cccc2[nH]c3c(N4CC5CC(C4)c4cccc(=O)n4C5)ncnc3c12. The van der Waals surface area contributed by atoms with Crippen LogP contribution in [0.15, 0.2) is 47.5 Å². The maximum atomic E-state index is 12.3. The molecular weight excluding hydrogens is 366 g/mol. The van der Waals surface area contributed by atoms with Gasteiger partial charge in [-0.1, -0.05) is 12.1 Å². The van der Waals surface area contributed by atoms with Crippen molar-refractivity contribution in [3.63, 3.8) is 0 Å². The van der Waals surface area contributed by atoms with Crippen molar-refractivity contribution < 1.29 is 4.74 Å². The first kappa shape index (κ1) is 16.6. The molecule has 0 amide bonds. The summed E-state index contributed by atoms with van der Waals surface area (Å²) in [6.45, 7) is 2.51. The summed E-state index contributed by atoms with van der Waals surface area (Å²) in [6.07, 6.45) is 2.76. The number of pyridine rings is 1. The first-order chi connectivity index (χ1) is 14.2. The van der Waals surface area contributed by atoms with Gasteiger partial charge < -0.3 is 19.2 Å². The average molecular weight is 387 g/mol. The van der Waals surface area contributed by atoms with Crippen LogP contribution in [0.5, 0.6) is 5.75 Å². The number of fused-ring (bicyclic) bond motifs is 7. The maximum Gasteiger partial charge on any atom is 0.250 e. The van der Waals surface area contributed by atoms with Gasteiger partial charge in [0.1, 0.15) is 23.1 Å². The summed E-state index contributed by atoms with van der Waals surface area (Å²) in [5.41, 5.74) is 4.07. The highest BCUT2D eigenvalue weighted by molar-refractivity contribution is 6.11. The van der Waals surface area contributed by atoms with Crippen LogP contribution >= 0.6 is 0 Å². The highest BCUT2D eigenvalue weighted by Gasteiger charge is 2.35. The fourth-order valence-electron chi connectivity index (χ4n) is 5.17. The topological polar surface area (TPSA) is 76.0 Å². The van der Waals surface area contributed by atoms with E-state index in [0.29, 0.717) is 11.8 Å². The molecule has 0 radical (unpaired) electrons. The van der Waals surface area contributed by atoms with Gasteiger partial charge in [-0.05, 0) is 30.5 Å². The number of hydrogen-bond acceptors (Lipinski definition) is 5. The molecule has 7 nitrogen and oxygen atoms in total. The zero-order chi connectivity index (χ0) is 19.5. The summed E-state index contributed by atoms with van der Waals surface area (Å²) in [4.78, 5) is 27.4. The highest BCUT2D eigenvalue weighted by Crippen LogP contribution is 2.39. The highest BCUT2D eigenvalue weighted by atomic mass is 16.5. The van der Waals surface area contributed by atoms with Crippen molar-refractivity contribution in [2.45, 2.75) is 18.9 Å². The first-order valence-electron chi connectivity index (χ1n) is 9.97. The van der Waals surface area contributed by atoms with Gasteiger partial charge in [0.25, 0.3) is 5.56 Å². The van der Waals surface area contributed by atoms with Crippen molar-refractivity contribution in [1.29, 1.82) is 0 Å². The zero-order valence-electron chi connectivity index (χ0n) is 16.1. The van der Waals surface area contributed by atoms with E-state index in [9.17, 15) is 4.79 Å². The van der Waals surface area contributed by atoms with Gasteiger partial charge in [-0.15, -0.1) is 0 Å². The number of aromatic nitrogens is 4. The van der Waals surface area contributed by atoms with E-state index in [1.54, 1.807) is 19.5 Å². The van der Waals surface area contributed by atoms with E-state index in [0.717, 1.165) is 65.3 Å². The fraction of sp³-hybridized carbons (Fsp3) is 0.318. The number of anilines is 1. The number of piperidine rings is 1. The number of benzene rings is 1. The van der Waals surface area contributed by atoms with Crippen LogP contribution < -0.4 is 15.2 Å². The van der Waals surface area contributed by atoms with Crippen LogP contribution in [-0.2, 0) is 6.54 Å². The van der Waals surface area contributed by atoms with Crippen molar-refractivity contribution >= 4 is 27.8 Å². The minimum atomic E-state index is 0.109. The van der Waals surface area contributed by atoms with Crippen LogP contribution in [0.4, 0.5) is 5.82 Å². The molecule has 6 rings (SSSR count). The number of aromatic amines is 1. The van der Waals surface area contributed by atoms with Crippen molar-refractivity contribution in [3.05, 3.63) is 58.8 Å². The molecule has 4 aromatic rings. The molecule has 29 heavy (non-hydrogen) atoms. The summed E-state index contributed by atoms with van der Waals surface area (Å²) < 4.78 is 7.52. The molecule has 1 N–H and O–H groups in total. The third-order valence-corrected chi connectivity index (χ3v) is 6.35. The quantitative estimate of drug-likeness (QED) is 0.572. The van der Waals surface area contributed by atoms with Crippen LogP contribution in [0, 0.1) is 5.92 Å². The molecule has 3 aromatic heterocycles. The van der Waals surface area contributed by atoms with Crippen LogP contribution in [0.25, 0.3) is 21.9 Å². The van der Waals surface area contributed by atoms with Gasteiger partial charge in [-0.3, -0.25) is 4.79 Å². The van der Waals surface area contributed by atoms with Crippen molar-refractivity contribution in [3.8, 4) is 5.75 Å². The monoisotopic (exact) mass is 387 g/mol. The molecule has 5 heterocycles. The molecule has 2 bridgehead atoms. The number of ether oxygens (including phenoxy) is 1. The average Bonchev–Trinajstić information content (AvgIpc) is 3.13. The second kappa shape index (κ2) is 6.07. The van der Waals surface area contributed by atoms with Crippen molar-refractivity contribution in [2.24, 2.45) is 5.92 Å². The molecule has 0 spiro atoms. The van der Waals surface area contributed by atoms with Gasteiger partial charge in [-0.25, -0.2) is 9.97 Å². The minimum absolute atomic E-state index is 0.109. The van der Waals surface area contributed by atoms with Gasteiger partial charge in [-0.2, -0.15) is 0 Å². The summed E-state index contributed by atoms with van der Waals surface area (Å²) in [6, 6.07) is 11.6. The summed E-state index contributed by atoms with van der Waals surface area (Å²) >= 11 is 0. The smallest absolute Gasteiger partial charge is 0.250 e. The molecule has 7 heteroatoms. The Morgan fingerprint density at radius 1 is 1.10 bits per heavy atom. The maximum absolute atomic E-state index is 12.3. The lowest BCUT2D eigenvalue weighted by Crippen LogP contribution is -2.47. The normalized spacial score (nSPS) is 20.8. The Hall–Kier alpha value is -3.35. The molecule has 1 saturated heterocycles. The molecule has 1 fully saturated rings. The van der Waals surface area contributed by atoms with E-state index in [4.69, 9.17) is 4.74 Å². The summed E-state index contributed by atoms with van der Waals surface area (Å²) in [7, 11) is 1.68. The Bertz CT molecular complexity index is 1310. The van der Waals surface area contributed by atoms with Crippen LogP contribution in [0.2, 0.25) is 0 Å². The molecule has 0 saturated carbocycles. The molecule has 2 aliphatic heterocycles. The van der Waals surface area contributed by atoms with Gasteiger partial charge >= 0.3 is 0 Å². The Labute approximate surface area is 167 Å². The number of rotatable bonds is 2. The van der Waals surface area contributed by atoms with E-state index in [1.807, 2.05) is 28.8 Å². The molecule has 2 aliphatic rings. The van der Waals surface area contributed by atoms with E-state index < -0.39 is 0 Å². The number of methoxy groups -OCH3 is 1. The number of hydrogen-bond donors (Lipinski definition) is 1. The van der Waals surface area contributed by atoms with Gasteiger partial charge in [0.15, 0.2) is 5.82 Å². The Balaban J connectivity index is 1.47. The van der Waals surface area contributed by atoms with Gasteiger partial charge in [0.2, 0.25) is 0 Å². The molecule has 2 unspecified atom stereocenters. The Morgan fingerprint density at radius 2 is 2.00 bits per heavy atom. The van der Waals surface area contributed by atoms with Crippen LogP contribution in [0.3, 0.4) is 0 Å². The molecule has 2 atom stereocenters. The Kier molecular flexibility index (Phi) is 3.47. The zero-order valence-corrected chi connectivity index (χ0v) is 16.1. The first-order valence-corrected chi connectivity index (χ1v) is 9.97. The fourth-order valence-corrected chi connectivity index (χ4v) is 5.17. The van der Waals surface area contributed by atoms with E-state index in [-0.39, 0.29) is 5.56 Å². The summed E-state index contributed by atoms with van der Waals surface area (Å²) in [5, 5.41) is 0.989. The predicted octanol–water partition coefficient (Wildman–Crippen LogP) is 2.91. The Morgan fingerprint density at radius 3 is 2.90 bits per heavy atom. The van der Waals surface area contributed by atoms with E-state index in [1.165, 1.54) is 0 Å². The van der Waals surface area contributed by atoms with E-state index in [2.05, 4.69) is 25.9 Å². The largest absolute Gasteiger partial charge is 0.496 e.